The Labute approximate surface area is 148 Å². The summed E-state index contributed by atoms with van der Waals surface area (Å²) >= 11 is 6.07. The largest absolute Gasteiger partial charge is 0.493 e. The summed E-state index contributed by atoms with van der Waals surface area (Å²) < 4.78 is 5.53. The zero-order valence-corrected chi connectivity index (χ0v) is 15.0. The van der Waals surface area contributed by atoms with Crippen LogP contribution in [0.5, 0.6) is 5.75 Å². The minimum absolute atomic E-state index is 0.153. The summed E-state index contributed by atoms with van der Waals surface area (Å²) in [4.78, 5) is 15.2. The third-order valence-corrected chi connectivity index (χ3v) is 5.66. The molecule has 0 unspecified atom stereocenters. The number of hydrogen-bond acceptors (Lipinski definition) is 4. The van der Waals surface area contributed by atoms with Gasteiger partial charge in [0.25, 0.3) is 5.91 Å². The van der Waals surface area contributed by atoms with E-state index in [-0.39, 0.29) is 5.91 Å². The number of rotatable bonds is 6. The van der Waals surface area contributed by atoms with Crippen LogP contribution in [0.15, 0.2) is 12.1 Å². The van der Waals surface area contributed by atoms with E-state index in [9.17, 15) is 4.79 Å². The van der Waals surface area contributed by atoms with Gasteiger partial charge < -0.3 is 15.8 Å². The average Bonchev–Trinajstić information content (AvgIpc) is 3.10. The first-order valence-corrected chi connectivity index (χ1v) is 9.18. The van der Waals surface area contributed by atoms with E-state index in [0.29, 0.717) is 40.7 Å². The van der Waals surface area contributed by atoms with E-state index in [4.69, 9.17) is 22.1 Å². The normalized spacial score (nSPS) is 19.2. The number of anilines is 1. The number of ether oxygens (including phenoxy) is 1. The molecule has 2 saturated heterocycles. The van der Waals surface area contributed by atoms with Crippen LogP contribution < -0.4 is 15.8 Å². The number of carbonyl (C=O) groups excluding carboxylic acids is 1. The van der Waals surface area contributed by atoms with E-state index in [2.05, 4.69) is 10.2 Å². The van der Waals surface area contributed by atoms with E-state index >= 15 is 0 Å². The smallest absolute Gasteiger partial charge is 0.255 e. The number of nitrogen functional groups attached to an aromatic ring is 1. The summed E-state index contributed by atoms with van der Waals surface area (Å²) in [6.07, 6.45) is 6.05. The van der Waals surface area contributed by atoms with Crippen molar-refractivity contribution >= 4 is 23.2 Å². The Morgan fingerprint density at radius 1 is 1.38 bits per heavy atom. The number of amides is 1. The molecule has 1 aromatic rings. The SMILES string of the molecule is CCOc1cc(N)c(Cl)cc1C(=O)NCCC12CCCN1CCC2. The quantitative estimate of drug-likeness (QED) is 0.773. The van der Waals surface area contributed by atoms with Crippen LogP contribution in [-0.4, -0.2) is 42.6 Å². The molecule has 132 valence electrons. The number of carbonyl (C=O) groups is 1. The summed E-state index contributed by atoms with van der Waals surface area (Å²) in [7, 11) is 0. The molecular formula is C18H26ClN3O2. The van der Waals surface area contributed by atoms with Gasteiger partial charge >= 0.3 is 0 Å². The standard InChI is InChI=1S/C18H26ClN3O2/c1-2-24-16-12-15(20)14(19)11-13(16)17(23)21-8-7-18-5-3-9-22(18)10-4-6-18/h11-12H,2-10,20H2,1H3,(H,21,23). The highest BCUT2D eigenvalue weighted by molar-refractivity contribution is 6.33. The van der Waals surface area contributed by atoms with Gasteiger partial charge in [0.05, 0.1) is 22.9 Å². The molecule has 0 radical (unpaired) electrons. The van der Waals surface area contributed by atoms with Crippen LogP contribution >= 0.6 is 11.6 Å². The highest BCUT2D eigenvalue weighted by Gasteiger charge is 2.43. The summed E-state index contributed by atoms with van der Waals surface area (Å²) in [5.74, 6) is 0.331. The van der Waals surface area contributed by atoms with Crippen molar-refractivity contribution in [1.82, 2.24) is 10.2 Å². The number of nitrogens with one attached hydrogen (secondary N) is 1. The van der Waals surface area contributed by atoms with Crippen LogP contribution in [-0.2, 0) is 0 Å². The van der Waals surface area contributed by atoms with Crippen LogP contribution in [0.1, 0.15) is 49.4 Å². The van der Waals surface area contributed by atoms with E-state index < -0.39 is 0 Å². The third kappa shape index (κ3) is 3.33. The lowest BCUT2D eigenvalue weighted by Gasteiger charge is -2.32. The monoisotopic (exact) mass is 351 g/mol. The van der Waals surface area contributed by atoms with Gasteiger partial charge in [0.1, 0.15) is 5.75 Å². The van der Waals surface area contributed by atoms with Crippen molar-refractivity contribution < 1.29 is 9.53 Å². The molecule has 1 aromatic carbocycles. The number of halogens is 1. The van der Waals surface area contributed by atoms with Crippen molar-refractivity contribution in [2.45, 2.75) is 44.6 Å². The minimum atomic E-state index is -0.153. The van der Waals surface area contributed by atoms with Crippen molar-refractivity contribution in [3.63, 3.8) is 0 Å². The number of nitrogens with zero attached hydrogens (tertiary/aromatic N) is 1. The maximum atomic E-state index is 12.6. The van der Waals surface area contributed by atoms with Gasteiger partial charge in [0.15, 0.2) is 0 Å². The van der Waals surface area contributed by atoms with E-state index in [1.54, 1.807) is 12.1 Å². The van der Waals surface area contributed by atoms with Gasteiger partial charge in [-0.3, -0.25) is 9.69 Å². The summed E-state index contributed by atoms with van der Waals surface area (Å²) in [6.45, 7) is 5.43. The van der Waals surface area contributed by atoms with Gasteiger partial charge in [-0.15, -0.1) is 0 Å². The molecule has 1 amide bonds. The Balaban J connectivity index is 1.64. The van der Waals surface area contributed by atoms with Crippen molar-refractivity contribution in [2.75, 3.05) is 32.0 Å². The molecule has 0 bridgehead atoms. The maximum absolute atomic E-state index is 12.6. The van der Waals surface area contributed by atoms with Crippen LogP contribution in [0.25, 0.3) is 0 Å². The average molecular weight is 352 g/mol. The molecule has 3 rings (SSSR count). The fraction of sp³-hybridized carbons (Fsp3) is 0.611. The molecule has 0 aromatic heterocycles. The Hall–Kier alpha value is -1.46. The van der Waals surface area contributed by atoms with Crippen molar-refractivity contribution in [3.05, 3.63) is 22.7 Å². The van der Waals surface area contributed by atoms with E-state index in [0.717, 1.165) is 6.42 Å². The number of nitrogens with two attached hydrogens (primary N) is 1. The van der Waals surface area contributed by atoms with Crippen molar-refractivity contribution in [2.24, 2.45) is 0 Å². The highest BCUT2D eigenvalue weighted by atomic mass is 35.5. The lowest BCUT2D eigenvalue weighted by Crippen LogP contribution is -2.41. The van der Waals surface area contributed by atoms with Gasteiger partial charge in [0.2, 0.25) is 0 Å². The fourth-order valence-corrected chi connectivity index (χ4v) is 4.32. The first-order valence-electron chi connectivity index (χ1n) is 8.81. The molecule has 2 heterocycles. The zero-order valence-electron chi connectivity index (χ0n) is 14.2. The molecule has 0 spiro atoms. The molecule has 0 aliphatic carbocycles. The topological polar surface area (TPSA) is 67.6 Å². The van der Waals surface area contributed by atoms with Gasteiger partial charge in [-0.25, -0.2) is 0 Å². The maximum Gasteiger partial charge on any atom is 0.255 e. The molecule has 2 aliphatic rings. The van der Waals surface area contributed by atoms with Gasteiger partial charge in [-0.1, -0.05) is 11.6 Å². The molecule has 3 N–H and O–H groups in total. The zero-order chi connectivity index (χ0) is 17.2. The molecule has 2 fully saturated rings. The Morgan fingerprint density at radius 3 is 2.75 bits per heavy atom. The van der Waals surface area contributed by atoms with Gasteiger partial charge in [-0.2, -0.15) is 0 Å². The first-order chi connectivity index (χ1) is 11.6. The van der Waals surface area contributed by atoms with E-state index in [1.165, 1.54) is 38.8 Å². The van der Waals surface area contributed by atoms with Crippen LogP contribution in [0.2, 0.25) is 5.02 Å². The molecule has 2 aliphatic heterocycles. The highest BCUT2D eigenvalue weighted by Crippen LogP contribution is 2.41. The Bertz CT molecular complexity index is 611. The molecular weight excluding hydrogens is 326 g/mol. The molecule has 24 heavy (non-hydrogen) atoms. The number of fused-ring (bicyclic) bond motifs is 1. The van der Waals surface area contributed by atoms with Crippen LogP contribution in [0, 0.1) is 0 Å². The van der Waals surface area contributed by atoms with Crippen molar-refractivity contribution in [3.8, 4) is 5.75 Å². The summed E-state index contributed by atoms with van der Waals surface area (Å²) in [5, 5.41) is 3.41. The minimum Gasteiger partial charge on any atom is -0.493 e. The third-order valence-electron chi connectivity index (χ3n) is 5.33. The molecule has 5 nitrogen and oxygen atoms in total. The van der Waals surface area contributed by atoms with Crippen molar-refractivity contribution in [1.29, 1.82) is 0 Å². The second kappa shape index (κ2) is 7.19. The molecule has 0 saturated carbocycles. The fourth-order valence-electron chi connectivity index (χ4n) is 4.16. The second-order valence-electron chi connectivity index (χ2n) is 6.73. The Kier molecular flexibility index (Phi) is 5.21. The lowest BCUT2D eigenvalue weighted by atomic mass is 9.90. The molecule has 6 heteroatoms. The van der Waals surface area contributed by atoms with Gasteiger partial charge in [-0.05, 0) is 58.2 Å². The lowest BCUT2D eigenvalue weighted by molar-refractivity contribution is 0.0939. The van der Waals surface area contributed by atoms with Gasteiger partial charge in [0, 0.05) is 18.2 Å². The van der Waals surface area contributed by atoms with Crippen LogP contribution in [0.4, 0.5) is 5.69 Å². The predicted molar refractivity (Wildman–Crippen MR) is 96.8 cm³/mol. The molecule has 0 atom stereocenters. The number of benzene rings is 1. The summed E-state index contributed by atoms with van der Waals surface area (Å²) in [6, 6.07) is 3.21. The van der Waals surface area contributed by atoms with E-state index in [1.807, 2.05) is 6.92 Å². The predicted octanol–water partition coefficient (Wildman–Crippen LogP) is 3.07. The Morgan fingerprint density at radius 2 is 2.08 bits per heavy atom. The first kappa shape index (κ1) is 17.4. The number of hydrogen-bond donors (Lipinski definition) is 2. The summed E-state index contributed by atoms with van der Waals surface area (Å²) in [5.41, 5.74) is 6.99. The second-order valence-corrected chi connectivity index (χ2v) is 7.13. The van der Waals surface area contributed by atoms with Crippen LogP contribution in [0.3, 0.4) is 0 Å².